The number of aryl methyl sites for hydroxylation is 1. The zero-order valence-corrected chi connectivity index (χ0v) is 12.9. The van der Waals surface area contributed by atoms with Gasteiger partial charge in [0.25, 0.3) is 0 Å². The monoisotopic (exact) mass is 342 g/mol. The summed E-state index contributed by atoms with van der Waals surface area (Å²) in [6.07, 6.45) is 2.79. The molecule has 2 aromatic rings. The molecule has 1 aromatic carbocycles. The summed E-state index contributed by atoms with van der Waals surface area (Å²) in [5.41, 5.74) is 0.829. The Hall–Kier alpha value is -0.710. The van der Waals surface area contributed by atoms with Gasteiger partial charge in [0.05, 0.1) is 6.10 Å². The van der Waals surface area contributed by atoms with Gasteiger partial charge in [0.1, 0.15) is 5.82 Å². The van der Waals surface area contributed by atoms with Gasteiger partial charge in [0, 0.05) is 9.35 Å². The highest BCUT2D eigenvalue weighted by molar-refractivity contribution is 9.10. The summed E-state index contributed by atoms with van der Waals surface area (Å²) in [5.74, 6) is -0.268. The van der Waals surface area contributed by atoms with Crippen LogP contribution in [0, 0.1) is 5.82 Å². The molecule has 1 heterocycles. The predicted molar refractivity (Wildman–Crippen MR) is 81.1 cm³/mol. The Kier molecular flexibility index (Phi) is 5.55. The summed E-state index contributed by atoms with van der Waals surface area (Å²) in [6.45, 7) is 0. The average molecular weight is 343 g/mol. The zero-order valence-electron chi connectivity index (χ0n) is 10.5. The van der Waals surface area contributed by atoms with E-state index in [1.807, 2.05) is 12.1 Å². The molecule has 0 aliphatic rings. The number of halogens is 2. The molecule has 19 heavy (non-hydrogen) atoms. The highest BCUT2D eigenvalue weighted by atomic mass is 79.9. The summed E-state index contributed by atoms with van der Waals surface area (Å²) in [6, 6.07) is 8.91. The van der Waals surface area contributed by atoms with Crippen molar-refractivity contribution in [3.05, 3.63) is 56.4 Å². The fourth-order valence-electron chi connectivity index (χ4n) is 2.07. The van der Waals surface area contributed by atoms with E-state index in [2.05, 4.69) is 27.4 Å². The topological polar surface area (TPSA) is 20.2 Å². The Morgan fingerprint density at radius 3 is 2.84 bits per heavy atom. The van der Waals surface area contributed by atoms with E-state index >= 15 is 0 Å². The Bertz CT molecular complexity index is 493. The van der Waals surface area contributed by atoms with Crippen molar-refractivity contribution in [3.8, 4) is 0 Å². The van der Waals surface area contributed by atoms with Crippen LogP contribution >= 0.6 is 27.3 Å². The number of aliphatic hydroxyl groups excluding tert-OH is 1. The number of hydrogen-bond donors (Lipinski definition) is 1. The van der Waals surface area contributed by atoms with Crippen molar-refractivity contribution in [1.29, 1.82) is 0 Å². The number of thiophene rings is 1. The maximum absolute atomic E-state index is 13.2. The van der Waals surface area contributed by atoms with Gasteiger partial charge in [0.2, 0.25) is 0 Å². The van der Waals surface area contributed by atoms with Crippen LogP contribution in [0.25, 0.3) is 0 Å². The number of benzene rings is 1. The highest BCUT2D eigenvalue weighted by Crippen LogP contribution is 2.18. The summed E-state index contributed by atoms with van der Waals surface area (Å²) in [4.78, 5) is 1.35. The third kappa shape index (κ3) is 5.05. The Morgan fingerprint density at radius 2 is 2.16 bits per heavy atom. The van der Waals surface area contributed by atoms with Crippen LogP contribution in [0.1, 0.15) is 23.3 Å². The fourth-order valence-corrected chi connectivity index (χ4v) is 3.33. The minimum atomic E-state index is -0.409. The number of rotatable bonds is 6. The van der Waals surface area contributed by atoms with Gasteiger partial charge in [0.15, 0.2) is 0 Å². The van der Waals surface area contributed by atoms with E-state index in [1.54, 1.807) is 11.3 Å². The highest BCUT2D eigenvalue weighted by Gasteiger charge is 2.08. The lowest BCUT2D eigenvalue weighted by Gasteiger charge is -2.10. The quantitative estimate of drug-likeness (QED) is 0.814. The third-order valence-corrected chi connectivity index (χ3v) is 4.33. The van der Waals surface area contributed by atoms with Gasteiger partial charge in [-0.25, -0.2) is 4.39 Å². The smallest absolute Gasteiger partial charge is 0.124 e. The van der Waals surface area contributed by atoms with Crippen molar-refractivity contribution >= 4 is 27.3 Å². The van der Waals surface area contributed by atoms with Crippen molar-refractivity contribution in [2.75, 3.05) is 0 Å². The second-order valence-corrected chi connectivity index (χ2v) is 6.56. The second kappa shape index (κ2) is 7.17. The van der Waals surface area contributed by atoms with E-state index in [-0.39, 0.29) is 5.82 Å². The molecule has 1 aromatic heterocycles. The van der Waals surface area contributed by atoms with Crippen LogP contribution in [-0.4, -0.2) is 11.2 Å². The molecule has 102 valence electrons. The molecule has 0 saturated carbocycles. The molecule has 1 N–H and O–H groups in total. The largest absolute Gasteiger partial charge is 0.393 e. The maximum atomic E-state index is 13.2. The van der Waals surface area contributed by atoms with Crippen LogP contribution in [0.15, 0.2) is 40.2 Å². The molecule has 1 nitrogen and oxygen atoms in total. The summed E-state index contributed by atoms with van der Waals surface area (Å²) in [7, 11) is 0. The van der Waals surface area contributed by atoms with E-state index in [1.165, 1.54) is 17.0 Å². The van der Waals surface area contributed by atoms with E-state index in [0.29, 0.717) is 10.9 Å². The molecule has 0 aliphatic carbocycles. The van der Waals surface area contributed by atoms with Crippen molar-refractivity contribution in [2.24, 2.45) is 0 Å². The lowest BCUT2D eigenvalue weighted by atomic mass is 10.0. The third-order valence-electron chi connectivity index (χ3n) is 2.93. The average Bonchev–Trinajstić information content (AvgIpc) is 2.80. The van der Waals surface area contributed by atoms with Crippen LogP contribution < -0.4 is 0 Å². The Balaban J connectivity index is 1.78. The normalized spacial score (nSPS) is 12.6. The van der Waals surface area contributed by atoms with Crippen LogP contribution in [-0.2, 0) is 12.8 Å². The minimum absolute atomic E-state index is 0.268. The van der Waals surface area contributed by atoms with Gasteiger partial charge in [-0.05, 0) is 60.9 Å². The number of hydrogen-bond acceptors (Lipinski definition) is 2. The minimum Gasteiger partial charge on any atom is -0.393 e. The SMILES string of the molecule is OC(CCCc1cccs1)Cc1cc(F)cc(Br)c1. The zero-order chi connectivity index (χ0) is 13.7. The van der Waals surface area contributed by atoms with Gasteiger partial charge in [-0.1, -0.05) is 22.0 Å². The van der Waals surface area contributed by atoms with Crippen molar-refractivity contribution in [1.82, 2.24) is 0 Å². The molecule has 2 rings (SSSR count). The van der Waals surface area contributed by atoms with Crippen LogP contribution in [0.4, 0.5) is 4.39 Å². The van der Waals surface area contributed by atoms with Crippen LogP contribution in [0.5, 0.6) is 0 Å². The first-order valence-electron chi connectivity index (χ1n) is 6.29. The van der Waals surface area contributed by atoms with E-state index in [4.69, 9.17) is 0 Å². The molecule has 0 aliphatic heterocycles. The van der Waals surface area contributed by atoms with Crippen molar-refractivity contribution in [2.45, 2.75) is 31.8 Å². The van der Waals surface area contributed by atoms with Gasteiger partial charge < -0.3 is 5.11 Å². The maximum Gasteiger partial charge on any atom is 0.124 e. The number of aliphatic hydroxyl groups is 1. The predicted octanol–water partition coefficient (Wildman–Crippen LogP) is 4.58. The van der Waals surface area contributed by atoms with Crippen LogP contribution in [0.2, 0.25) is 0 Å². The lowest BCUT2D eigenvalue weighted by molar-refractivity contribution is 0.162. The molecule has 0 saturated heterocycles. The first-order valence-corrected chi connectivity index (χ1v) is 7.96. The van der Waals surface area contributed by atoms with E-state index < -0.39 is 6.10 Å². The molecule has 0 radical (unpaired) electrons. The molecule has 0 spiro atoms. The molecule has 1 atom stereocenters. The fraction of sp³-hybridized carbons (Fsp3) is 0.333. The van der Waals surface area contributed by atoms with Crippen molar-refractivity contribution < 1.29 is 9.50 Å². The van der Waals surface area contributed by atoms with Gasteiger partial charge in [-0.2, -0.15) is 0 Å². The van der Waals surface area contributed by atoms with Crippen molar-refractivity contribution in [3.63, 3.8) is 0 Å². The molecular formula is C15H16BrFOS. The summed E-state index contributed by atoms with van der Waals surface area (Å²) < 4.78 is 13.9. The first kappa shape index (κ1) is 14.7. The summed E-state index contributed by atoms with van der Waals surface area (Å²) in [5, 5.41) is 12.0. The molecular weight excluding hydrogens is 327 g/mol. The first-order chi connectivity index (χ1) is 9.13. The van der Waals surface area contributed by atoms with E-state index in [0.717, 1.165) is 24.8 Å². The molecule has 0 bridgehead atoms. The van der Waals surface area contributed by atoms with Gasteiger partial charge in [-0.3, -0.25) is 0 Å². The van der Waals surface area contributed by atoms with Gasteiger partial charge in [-0.15, -0.1) is 11.3 Å². The molecule has 0 amide bonds. The van der Waals surface area contributed by atoms with E-state index in [9.17, 15) is 9.50 Å². The molecule has 0 fully saturated rings. The Morgan fingerprint density at radius 1 is 1.32 bits per heavy atom. The standard InChI is InChI=1S/C15H16BrFOS/c16-12-7-11(8-13(17)10-12)9-14(18)3-1-4-15-5-2-6-19-15/h2,5-8,10,14,18H,1,3-4,9H2. The molecule has 4 heteroatoms. The van der Waals surface area contributed by atoms with Crippen LogP contribution in [0.3, 0.4) is 0 Å². The van der Waals surface area contributed by atoms with Gasteiger partial charge >= 0.3 is 0 Å². The lowest BCUT2D eigenvalue weighted by Crippen LogP contribution is -2.10. The second-order valence-electron chi connectivity index (χ2n) is 4.61. The molecule has 1 unspecified atom stereocenters. The Labute approximate surface area is 125 Å². The summed E-state index contributed by atoms with van der Waals surface area (Å²) >= 11 is 5.01.